The topological polar surface area (TPSA) is 36.9 Å². The van der Waals surface area contributed by atoms with Crippen LogP contribution in [-0.4, -0.2) is 13.6 Å². The molecule has 2 aromatic rings. The zero-order valence-electron chi connectivity index (χ0n) is 13.9. The number of rotatable bonds is 1. The Kier molecular flexibility index (Phi) is 2.96. The molecule has 3 aliphatic rings. The number of hydrogen-bond acceptors (Lipinski definition) is 4. The molecule has 4 heteroatoms. The molecule has 2 heterocycles. The summed E-state index contributed by atoms with van der Waals surface area (Å²) in [5, 5.41) is 0. The van der Waals surface area contributed by atoms with Gasteiger partial charge >= 0.3 is 0 Å². The molecule has 1 aliphatic carbocycles. The molecule has 0 bridgehead atoms. The Labute approximate surface area is 141 Å². The molecule has 0 unspecified atom stereocenters. The summed E-state index contributed by atoms with van der Waals surface area (Å²) in [5.74, 6) is 4.84. The van der Waals surface area contributed by atoms with E-state index in [4.69, 9.17) is 18.9 Å². The maximum atomic E-state index is 5.85. The fraction of sp³-hybridized carbons (Fsp3) is 0.400. The van der Waals surface area contributed by atoms with E-state index in [1.54, 1.807) is 0 Å². The first-order chi connectivity index (χ1) is 11.7. The molecule has 0 N–H and O–H groups in total. The van der Waals surface area contributed by atoms with Crippen molar-refractivity contribution in [2.45, 2.75) is 26.2 Å². The van der Waals surface area contributed by atoms with Gasteiger partial charge in [0, 0.05) is 11.5 Å². The molecule has 0 spiro atoms. The molecule has 3 atom stereocenters. The van der Waals surface area contributed by atoms with E-state index in [-0.39, 0.29) is 5.92 Å². The summed E-state index contributed by atoms with van der Waals surface area (Å²) in [6.07, 6.45) is 1.08. The van der Waals surface area contributed by atoms with Gasteiger partial charge in [-0.05, 0) is 47.6 Å². The third-order valence-electron chi connectivity index (χ3n) is 5.70. The van der Waals surface area contributed by atoms with E-state index in [1.807, 2.05) is 12.1 Å². The van der Waals surface area contributed by atoms with Crippen molar-refractivity contribution in [3.63, 3.8) is 0 Å². The molecule has 0 amide bonds. The minimum Gasteiger partial charge on any atom is -0.454 e. The lowest BCUT2D eigenvalue weighted by Gasteiger charge is -2.37. The van der Waals surface area contributed by atoms with Crippen LogP contribution in [0.1, 0.15) is 36.5 Å². The predicted octanol–water partition coefficient (Wildman–Crippen LogP) is 4.10. The van der Waals surface area contributed by atoms with Crippen LogP contribution in [0.2, 0.25) is 0 Å². The van der Waals surface area contributed by atoms with Crippen LogP contribution >= 0.6 is 0 Å². The van der Waals surface area contributed by atoms with Crippen LogP contribution in [0.4, 0.5) is 0 Å². The van der Waals surface area contributed by atoms with Crippen LogP contribution in [0.3, 0.4) is 0 Å². The van der Waals surface area contributed by atoms with E-state index in [9.17, 15) is 0 Å². The quantitative estimate of drug-likeness (QED) is 0.791. The monoisotopic (exact) mass is 324 g/mol. The molecule has 4 nitrogen and oxygen atoms in total. The van der Waals surface area contributed by atoms with Gasteiger partial charge in [-0.25, -0.2) is 0 Å². The zero-order valence-corrected chi connectivity index (χ0v) is 13.9. The SMILES string of the molecule is C[C@H]1[C@H](c2ccc3c(c2)OCO3)c2c(ccc3c2OCO3)C[C@@H]1C. The highest BCUT2D eigenvalue weighted by atomic mass is 16.7. The van der Waals surface area contributed by atoms with Gasteiger partial charge in [-0.1, -0.05) is 26.0 Å². The van der Waals surface area contributed by atoms with Crippen molar-refractivity contribution >= 4 is 0 Å². The summed E-state index contributed by atoms with van der Waals surface area (Å²) in [5.41, 5.74) is 3.91. The van der Waals surface area contributed by atoms with Gasteiger partial charge in [-0.2, -0.15) is 0 Å². The molecule has 0 radical (unpaired) electrons. The molecular weight excluding hydrogens is 304 g/mol. The second kappa shape index (κ2) is 5.07. The van der Waals surface area contributed by atoms with Gasteiger partial charge in [0.2, 0.25) is 13.6 Å². The molecule has 0 saturated carbocycles. The minimum absolute atomic E-state index is 0.273. The number of hydrogen-bond donors (Lipinski definition) is 0. The Morgan fingerprint density at radius 3 is 2.50 bits per heavy atom. The highest BCUT2D eigenvalue weighted by molar-refractivity contribution is 5.58. The molecule has 2 aliphatic heterocycles. The Morgan fingerprint density at radius 1 is 0.833 bits per heavy atom. The van der Waals surface area contributed by atoms with Crippen molar-refractivity contribution in [2.75, 3.05) is 13.6 Å². The zero-order chi connectivity index (χ0) is 16.3. The molecule has 124 valence electrons. The van der Waals surface area contributed by atoms with E-state index in [2.05, 4.69) is 32.0 Å². The summed E-state index contributed by atoms with van der Waals surface area (Å²) in [4.78, 5) is 0. The molecular formula is C20H20O4. The highest BCUT2D eigenvalue weighted by Gasteiger charge is 2.37. The lowest BCUT2D eigenvalue weighted by atomic mass is 9.67. The van der Waals surface area contributed by atoms with Crippen LogP contribution < -0.4 is 18.9 Å². The van der Waals surface area contributed by atoms with E-state index in [0.717, 1.165) is 29.4 Å². The Bertz CT molecular complexity index is 814. The van der Waals surface area contributed by atoms with E-state index in [0.29, 0.717) is 25.4 Å². The average molecular weight is 324 g/mol. The van der Waals surface area contributed by atoms with Crippen molar-refractivity contribution in [3.05, 3.63) is 47.0 Å². The van der Waals surface area contributed by atoms with Crippen molar-refractivity contribution in [1.82, 2.24) is 0 Å². The highest BCUT2D eigenvalue weighted by Crippen LogP contribution is 2.52. The van der Waals surface area contributed by atoms with Crippen LogP contribution in [0.15, 0.2) is 30.3 Å². The largest absolute Gasteiger partial charge is 0.454 e. The summed E-state index contributed by atoms with van der Waals surface area (Å²) in [6.45, 7) is 5.28. The maximum Gasteiger partial charge on any atom is 0.231 e. The van der Waals surface area contributed by atoms with E-state index < -0.39 is 0 Å². The lowest BCUT2D eigenvalue weighted by Crippen LogP contribution is -2.27. The summed E-state index contributed by atoms with van der Waals surface area (Å²) in [7, 11) is 0. The smallest absolute Gasteiger partial charge is 0.231 e. The molecule has 0 fully saturated rings. The standard InChI is InChI=1S/C20H20O4/c1-11-7-13-4-6-16-20(24-10-22-16)19(13)18(12(11)2)14-3-5-15-17(8-14)23-9-21-15/h3-6,8,11-12,18H,7,9-10H2,1-2H3/t11-,12+,18+/m0/s1. The molecule has 24 heavy (non-hydrogen) atoms. The summed E-state index contributed by atoms with van der Waals surface area (Å²) < 4.78 is 22.5. The van der Waals surface area contributed by atoms with E-state index >= 15 is 0 Å². The number of benzene rings is 2. The first-order valence-electron chi connectivity index (χ1n) is 8.53. The Hall–Kier alpha value is -2.36. The molecule has 5 rings (SSSR count). The maximum absolute atomic E-state index is 5.85. The van der Waals surface area contributed by atoms with E-state index in [1.165, 1.54) is 16.7 Å². The summed E-state index contributed by atoms with van der Waals surface area (Å²) in [6, 6.07) is 10.5. The van der Waals surface area contributed by atoms with Gasteiger partial charge < -0.3 is 18.9 Å². The third-order valence-corrected chi connectivity index (χ3v) is 5.70. The van der Waals surface area contributed by atoms with Gasteiger partial charge in [0.1, 0.15) is 0 Å². The first kappa shape index (κ1) is 14.0. The van der Waals surface area contributed by atoms with Gasteiger partial charge in [0.05, 0.1) is 0 Å². The average Bonchev–Trinajstić information content (AvgIpc) is 3.23. The van der Waals surface area contributed by atoms with Crippen LogP contribution in [0.5, 0.6) is 23.0 Å². The fourth-order valence-corrected chi connectivity index (χ4v) is 4.25. The third kappa shape index (κ3) is 1.92. The van der Waals surface area contributed by atoms with Crippen LogP contribution in [-0.2, 0) is 6.42 Å². The molecule has 0 saturated heterocycles. The molecule has 0 aromatic heterocycles. The number of fused-ring (bicyclic) bond motifs is 4. The van der Waals surface area contributed by atoms with Gasteiger partial charge in [-0.3, -0.25) is 0 Å². The van der Waals surface area contributed by atoms with Crippen LogP contribution in [0, 0.1) is 11.8 Å². The minimum atomic E-state index is 0.273. The normalized spacial score (nSPS) is 26.3. The second-order valence-electron chi connectivity index (χ2n) is 7.00. The Morgan fingerprint density at radius 2 is 1.58 bits per heavy atom. The Balaban J connectivity index is 1.69. The van der Waals surface area contributed by atoms with Crippen molar-refractivity contribution in [3.8, 4) is 23.0 Å². The van der Waals surface area contributed by atoms with Crippen LogP contribution in [0.25, 0.3) is 0 Å². The fourth-order valence-electron chi connectivity index (χ4n) is 4.25. The van der Waals surface area contributed by atoms with Crippen molar-refractivity contribution in [2.24, 2.45) is 11.8 Å². The molecule has 2 aromatic carbocycles. The van der Waals surface area contributed by atoms with Gasteiger partial charge in [-0.15, -0.1) is 0 Å². The van der Waals surface area contributed by atoms with Gasteiger partial charge in [0.25, 0.3) is 0 Å². The van der Waals surface area contributed by atoms with Crippen molar-refractivity contribution in [1.29, 1.82) is 0 Å². The second-order valence-corrected chi connectivity index (χ2v) is 7.00. The number of ether oxygens (including phenoxy) is 4. The first-order valence-corrected chi connectivity index (χ1v) is 8.53. The van der Waals surface area contributed by atoms with Crippen molar-refractivity contribution < 1.29 is 18.9 Å². The summed E-state index contributed by atoms with van der Waals surface area (Å²) >= 11 is 0. The predicted molar refractivity (Wildman–Crippen MR) is 89.0 cm³/mol. The lowest BCUT2D eigenvalue weighted by molar-refractivity contribution is 0.171. The van der Waals surface area contributed by atoms with Gasteiger partial charge in [0.15, 0.2) is 23.0 Å².